The van der Waals surface area contributed by atoms with E-state index in [9.17, 15) is 9.90 Å². The van der Waals surface area contributed by atoms with Gasteiger partial charge < -0.3 is 14.8 Å². The number of ether oxygens (including phenoxy) is 1. The Morgan fingerprint density at radius 1 is 1.34 bits per heavy atom. The minimum Gasteiger partial charge on any atom is -0.491 e. The van der Waals surface area contributed by atoms with Crippen LogP contribution < -0.4 is 10.3 Å². The fourth-order valence-corrected chi connectivity index (χ4v) is 4.28. The predicted octanol–water partition coefficient (Wildman–Crippen LogP) is 3.34. The van der Waals surface area contributed by atoms with E-state index >= 15 is 0 Å². The standard InChI is InChI=1S/C22H27N3O3S/c1-5-10-25(11-17(26)13-28-18-9-7-6-8-14(18)2)12-19-23-21(27)20-15(3)16(4)29-22(20)24-19/h5-9,17,26H,1,10-13H2,2-4H3,(H,23,24,27)/t17-/m1/s1. The minimum absolute atomic E-state index is 0.117. The molecule has 2 N–H and O–H groups in total. The second-order valence-corrected chi connectivity index (χ2v) is 8.39. The van der Waals surface area contributed by atoms with Gasteiger partial charge in [-0.05, 0) is 38.0 Å². The molecular weight excluding hydrogens is 386 g/mol. The number of nitrogens with zero attached hydrogens (tertiary/aromatic N) is 2. The third kappa shape index (κ3) is 5.12. The number of H-pyrrole nitrogens is 1. The summed E-state index contributed by atoms with van der Waals surface area (Å²) in [5, 5.41) is 11.1. The maximum atomic E-state index is 12.5. The van der Waals surface area contributed by atoms with Crippen molar-refractivity contribution < 1.29 is 9.84 Å². The van der Waals surface area contributed by atoms with E-state index in [2.05, 4.69) is 16.5 Å². The second-order valence-electron chi connectivity index (χ2n) is 7.19. The van der Waals surface area contributed by atoms with Crippen LogP contribution in [-0.4, -0.2) is 45.8 Å². The lowest BCUT2D eigenvalue weighted by Crippen LogP contribution is -2.36. The molecule has 6 nitrogen and oxygen atoms in total. The fourth-order valence-electron chi connectivity index (χ4n) is 3.23. The van der Waals surface area contributed by atoms with Gasteiger partial charge >= 0.3 is 0 Å². The molecule has 0 spiro atoms. The van der Waals surface area contributed by atoms with Gasteiger partial charge in [-0.2, -0.15) is 0 Å². The zero-order chi connectivity index (χ0) is 21.0. The SMILES string of the molecule is C=CCN(Cc1nc2sc(C)c(C)c2c(=O)[nH]1)C[C@@H](O)COc1ccccc1C. The summed E-state index contributed by atoms with van der Waals surface area (Å²) in [7, 11) is 0. The van der Waals surface area contributed by atoms with E-state index in [1.165, 1.54) is 11.3 Å². The zero-order valence-electron chi connectivity index (χ0n) is 17.1. The lowest BCUT2D eigenvalue weighted by Gasteiger charge is -2.23. The predicted molar refractivity (Wildman–Crippen MR) is 118 cm³/mol. The number of rotatable bonds is 9. The van der Waals surface area contributed by atoms with E-state index in [0.717, 1.165) is 26.6 Å². The third-order valence-corrected chi connectivity index (χ3v) is 5.94. The van der Waals surface area contributed by atoms with Gasteiger partial charge in [-0.1, -0.05) is 24.3 Å². The van der Waals surface area contributed by atoms with Crippen LogP contribution in [0.4, 0.5) is 0 Å². The summed E-state index contributed by atoms with van der Waals surface area (Å²) in [6, 6.07) is 7.72. The Balaban J connectivity index is 1.68. The number of aromatic nitrogens is 2. The second kappa shape index (κ2) is 9.35. The van der Waals surface area contributed by atoms with E-state index in [1.807, 2.05) is 49.9 Å². The first-order valence-corrected chi connectivity index (χ1v) is 10.4. The summed E-state index contributed by atoms with van der Waals surface area (Å²) < 4.78 is 5.75. The van der Waals surface area contributed by atoms with Crippen LogP contribution >= 0.6 is 11.3 Å². The van der Waals surface area contributed by atoms with Gasteiger partial charge in [0.1, 0.15) is 29.1 Å². The maximum absolute atomic E-state index is 12.5. The molecule has 7 heteroatoms. The van der Waals surface area contributed by atoms with Crippen molar-refractivity contribution in [3.05, 3.63) is 69.1 Å². The molecule has 0 aliphatic heterocycles. The number of aromatic amines is 1. The van der Waals surface area contributed by atoms with Crippen molar-refractivity contribution in [1.29, 1.82) is 0 Å². The first-order valence-electron chi connectivity index (χ1n) is 9.57. The van der Waals surface area contributed by atoms with Crippen LogP contribution in [-0.2, 0) is 6.54 Å². The summed E-state index contributed by atoms with van der Waals surface area (Å²) in [4.78, 5) is 23.8. The largest absolute Gasteiger partial charge is 0.491 e. The number of hydrogen-bond donors (Lipinski definition) is 2. The van der Waals surface area contributed by atoms with E-state index in [1.54, 1.807) is 6.08 Å². The molecule has 3 aromatic rings. The molecule has 1 aromatic carbocycles. The average molecular weight is 414 g/mol. The van der Waals surface area contributed by atoms with Crippen molar-refractivity contribution in [3.8, 4) is 5.75 Å². The Morgan fingerprint density at radius 3 is 2.83 bits per heavy atom. The molecule has 154 valence electrons. The van der Waals surface area contributed by atoms with Gasteiger partial charge in [-0.15, -0.1) is 17.9 Å². The Kier molecular flexibility index (Phi) is 6.84. The topological polar surface area (TPSA) is 78.5 Å². The minimum atomic E-state index is -0.684. The van der Waals surface area contributed by atoms with Crippen LogP contribution in [0.1, 0.15) is 21.8 Å². The highest BCUT2D eigenvalue weighted by molar-refractivity contribution is 7.18. The quantitative estimate of drug-likeness (QED) is 0.526. The zero-order valence-corrected chi connectivity index (χ0v) is 17.9. The van der Waals surface area contributed by atoms with Crippen molar-refractivity contribution in [1.82, 2.24) is 14.9 Å². The number of aryl methyl sites for hydroxylation is 3. The molecule has 0 fully saturated rings. The molecule has 3 rings (SSSR count). The molecule has 0 bridgehead atoms. The molecule has 0 aliphatic rings. The lowest BCUT2D eigenvalue weighted by molar-refractivity contribution is 0.0686. The van der Waals surface area contributed by atoms with Gasteiger partial charge in [-0.25, -0.2) is 4.98 Å². The van der Waals surface area contributed by atoms with Gasteiger partial charge in [0.2, 0.25) is 0 Å². The van der Waals surface area contributed by atoms with E-state index in [0.29, 0.717) is 30.8 Å². The molecule has 2 aromatic heterocycles. The average Bonchev–Trinajstić information content (AvgIpc) is 2.95. The number of para-hydroxylation sites is 1. The molecule has 0 saturated heterocycles. The van der Waals surface area contributed by atoms with Gasteiger partial charge in [-0.3, -0.25) is 9.69 Å². The molecule has 0 unspecified atom stereocenters. The van der Waals surface area contributed by atoms with E-state index in [-0.39, 0.29) is 12.2 Å². The third-order valence-electron chi connectivity index (χ3n) is 4.84. The lowest BCUT2D eigenvalue weighted by atomic mass is 10.2. The van der Waals surface area contributed by atoms with Gasteiger partial charge in [0.25, 0.3) is 5.56 Å². The number of nitrogens with one attached hydrogen (secondary N) is 1. The summed E-state index contributed by atoms with van der Waals surface area (Å²) in [6.07, 6.45) is 1.08. The Morgan fingerprint density at radius 2 is 2.10 bits per heavy atom. The van der Waals surface area contributed by atoms with Crippen LogP contribution in [0.25, 0.3) is 10.2 Å². The summed E-state index contributed by atoms with van der Waals surface area (Å²) in [5.41, 5.74) is 1.89. The number of aliphatic hydroxyl groups excluding tert-OH is 1. The molecule has 29 heavy (non-hydrogen) atoms. The van der Waals surface area contributed by atoms with Crippen molar-refractivity contribution in [3.63, 3.8) is 0 Å². The molecule has 0 radical (unpaired) electrons. The normalized spacial score (nSPS) is 12.4. The monoisotopic (exact) mass is 413 g/mol. The summed E-state index contributed by atoms with van der Waals surface area (Å²) >= 11 is 1.53. The van der Waals surface area contributed by atoms with E-state index < -0.39 is 6.10 Å². The Hall–Kier alpha value is -2.48. The van der Waals surface area contributed by atoms with Crippen molar-refractivity contribution >= 4 is 21.6 Å². The number of aliphatic hydroxyl groups is 1. The van der Waals surface area contributed by atoms with Crippen LogP contribution in [0.15, 0.2) is 41.7 Å². The first kappa shape index (κ1) is 21.2. The number of benzene rings is 1. The summed E-state index contributed by atoms with van der Waals surface area (Å²) in [6.45, 7) is 11.2. The highest BCUT2D eigenvalue weighted by atomic mass is 32.1. The van der Waals surface area contributed by atoms with Crippen molar-refractivity contribution in [2.24, 2.45) is 0 Å². The Bertz CT molecular complexity index is 1060. The molecule has 2 heterocycles. The Labute approximate surface area is 174 Å². The number of thiophene rings is 1. The smallest absolute Gasteiger partial charge is 0.259 e. The molecule has 0 amide bonds. The molecule has 1 atom stereocenters. The molecular formula is C22H27N3O3S. The number of fused-ring (bicyclic) bond motifs is 1. The summed E-state index contributed by atoms with van der Waals surface area (Å²) in [5.74, 6) is 1.35. The van der Waals surface area contributed by atoms with Crippen LogP contribution in [0, 0.1) is 20.8 Å². The van der Waals surface area contributed by atoms with Crippen molar-refractivity contribution in [2.75, 3.05) is 19.7 Å². The van der Waals surface area contributed by atoms with Gasteiger partial charge in [0.05, 0.1) is 11.9 Å². The first-order chi connectivity index (χ1) is 13.9. The van der Waals surface area contributed by atoms with Crippen molar-refractivity contribution in [2.45, 2.75) is 33.4 Å². The van der Waals surface area contributed by atoms with E-state index in [4.69, 9.17) is 4.74 Å². The van der Waals surface area contributed by atoms with Crippen LogP contribution in [0.5, 0.6) is 5.75 Å². The maximum Gasteiger partial charge on any atom is 0.259 e. The van der Waals surface area contributed by atoms with Gasteiger partial charge in [0.15, 0.2) is 0 Å². The number of hydrogen-bond acceptors (Lipinski definition) is 6. The fraction of sp³-hybridized carbons (Fsp3) is 0.364. The highest BCUT2D eigenvalue weighted by Gasteiger charge is 2.16. The highest BCUT2D eigenvalue weighted by Crippen LogP contribution is 2.25. The van der Waals surface area contributed by atoms with Crippen LogP contribution in [0.2, 0.25) is 0 Å². The van der Waals surface area contributed by atoms with Crippen LogP contribution in [0.3, 0.4) is 0 Å². The molecule has 0 saturated carbocycles. The molecule has 0 aliphatic carbocycles. The van der Waals surface area contributed by atoms with Gasteiger partial charge in [0, 0.05) is 18.0 Å².